The monoisotopic (exact) mass is 847 g/mol. The molecule has 0 radical (unpaired) electrons. The highest BCUT2D eigenvalue weighted by Gasteiger charge is 2.27. The van der Waals surface area contributed by atoms with Crippen LogP contribution in [0.15, 0.2) is 60.7 Å². The molecule has 2 N–H and O–H groups in total. The first kappa shape index (κ1) is 43.7. The molecule has 4 amide bonds. The molecule has 61 heavy (non-hydrogen) atoms. The SMILES string of the molecule is CC[C@@H]1CCN(C(=O)Nc2ccc(C)c(-c3cc(Cl)nc(N4CCOCC4)c3)c2)C1.[C-]#[N+]c1cc(-c2cc(NC(=O)N3CC[C@@H](CC)C3)ccc2C)cc(N2CCOCC2)n1. The summed E-state index contributed by atoms with van der Waals surface area (Å²) in [5, 5.41) is 6.59. The lowest BCUT2D eigenvalue weighted by Gasteiger charge is -2.28. The van der Waals surface area contributed by atoms with Crippen LogP contribution < -0.4 is 20.4 Å². The highest BCUT2D eigenvalue weighted by molar-refractivity contribution is 6.29. The molecule has 2 aromatic heterocycles. The Morgan fingerprint density at radius 1 is 0.689 bits per heavy atom. The number of amides is 4. The van der Waals surface area contributed by atoms with Crippen LogP contribution >= 0.6 is 11.6 Å². The third kappa shape index (κ3) is 11.1. The normalized spacial score (nSPS) is 19.0. The number of benzene rings is 2. The molecule has 13 nitrogen and oxygen atoms in total. The van der Waals surface area contributed by atoms with Crippen LogP contribution in [-0.2, 0) is 9.47 Å². The summed E-state index contributed by atoms with van der Waals surface area (Å²) in [5.41, 5.74) is 7.73. The summed E-state index contributed by atoms with van der Waals surface area (Å²) in [6, 6.07) is 19.7. The highest BCUT2D eigenvalue weighted by Crippen LogP contribution is 2.34. The van der Waals surface area contributed by atoms with Gasteiger partial charge >= 0.3 is 12.1 Å². The second kappa shape index (κ2) is 20.4. The van der Waals surface area contributed by atoms with Crippen molar-refractivity contribution in [2.24, 2.45) is 11.8 Å². The van der Waals surface area contributed by atoms with Crippen LogP contribution in [0, 0.1) is 32.3 Å². The smallest absolute Gasteiger partial charge is 0.321 e. The number of likely N-dealkylation sites (tertiary alicyclic amines) is 2. The van der Waals surface area contributed by atoms with E-state index in [0.717, 1.165) is 134 Å². The molecule has 4 aliphatic rings. The third-order valence-corrected chi connectivity index (χ3v) is 12.5. The number of anilines is 4. The number of urea groups is 2. The van der Waals surface area contributed by atoms with Gasteiger partial charge in [0.05, 0.1) is 26.4 Å². The van der Waals surface area contributed by atoms with Crippen molar-refractivity contribution >= 4 is 52.5 Å². The van der Waals surface area contributed by atoms with Gasteiger partial charge in [0.15, 0.2) is 0 Å². The van der Waals surface area contributed by atoms with Gasteiger partial charge < -0.3 is 44.6 Å². The standard InChI is InChI=1S/C24H29N5O2.C23H29ClN4O2/c1-4-18-7-8-29(16-18)24(30)26-20-6-5-17(2)21(15-20)19-13-22(25-3)27-23(14-19)28-9-11-31-12-10-28;1-3-17-6-7-28(15-17)23(29)25-19-5-4-16(2)20(14-19)18-12-21(24)26-22(13-18)27-8-10-30-11-9-27/h5-6,13-15,18H,4,7-12,16H2,1-2H3,(H,26,30);4-5,12-14,17H,3,6-11,15H2,1-2H3,(H,25,29)/t18-;17-/m11/s1. The predicted octanol–water partition coefficient (Wildman–Crippen LogP) is 9.52. The van der Waals surface area contributed by atoms with Gasteiger partial charge in [-0.25, -0.2) is 14.6 Å². The van der Waals surface area contributed by atoms with Gasteiger partial charge in [-0.2, -0.15) is 0 Å². The molecule has 14 heteroatoms. The second-order valence-corrected chi connectivity index (χ2v) is 16.7. The number of halogens is 1. The zero-order chi connectivity index (χ0) is 42.9. The molecule has 0 bridgehead atoms. The van der Waals surface area contributed by atoms with E-state index in [9.17, 15) is 9.59 Å². The second-order valence-electron chi connectivity index (χ2n) is 16.4. The summed E-state index contributed by atoms with van der Waals surface area (Å²) in [6.45, 7) is 25.1. The Balaban J connectivity index is 0.000000184. The van der Waals surface area contributed by atoms with E-state index in [-0.39, 0.29) is 12.1 Å². The molecule has 0 aliphatic carbocycles. The first-order valence-electron chi connectivity index (χ1n) is 21.7. The number of nitrogens with one attached hydrogen (secondary N) is 2. The van der Waals surface area contributed by atoms with Gasteiger partial charge in [0.2, 0.25) is 5.82 Å². The molecule has 4 aliphatic heterocycles. The summed E-state index contributed by atoms with van der Waals surface area (Å²) in [4.78, 5) is 46.2. The molecular formula is C47H58ClN9O4. The Bertz CT molecular complexity index is 2220. The van der Waals surface area contributed by atoms with Crippen LogP contribution in [0.5, 0.6) is 0 Å². The summed E-state index contributed by atoms with van der Waals surface area (Å²) >= 11 is 6.36. The molecule has 8 rings (SSSR count). The van der Waals surface area contributed by atoms with Crippen LogP contribution in [0.3, 0.4) is 0 Å². The van der Waals surface area contributed by atoms with Gasteiger partial charge in [0.1, 0.15) is 11.0 Å². The van der Waals surface area contributed by atoms with Gasteiger partial charge in [0, 0.05) is 69.8 Å². The molecule has 4 fully saturated rings. The molecule has 6 heterocycles. The van der Waals surface area contributed by atoms with Crippen molar-refractivity contribution in [3.8, 4) is 22.3 Å². The Labute approximate surface area is 365 Å². The number of carbonyl (C=O) groups excluding carboxylic acids is 2. The van der Waals surface area contributed by atoms with Crippen molar-refractivity contribution in [2.75, 3.05) is 99.2 Å². The quantitative estimate of drug-likeness (QED) is 0.133. The van der Waals surface area contributed by atoms with E-state index in [2.05, 4.69) is 62.1 Å². The summed E-state index contributed by atoms with van der Waals surface area (Å²) in [5.74, 6) is 3.24. The number of carbonyl (C=O) groups is 2. The topological polar surface area (TPSA) is 120 Å². The lowest BCUT2D eigenvalue weighted by Crippen LogP contribution is -2.36. The number of pyridine rings is 2. The number of nitrogens with zero attached hydrogens (tertiary/aromatic N) is 7. The molecule has 0 saturated carbocycles. The molecule has 2 atom stereocenters. The van der Waals surface area contributed by atoms with Gasteiger partial charge in [-0.05, 0) is 114 Å². The zero-order valence-electron chi connectivity index (χ0n) is 35.9. The number of ether oxygens (including phenoxy) is 2. The van der Waals surface area contributed by atoms with Crippen LogP contribution in [0.2, 0.25) is 5.15 Å². The van der Waals surface area contributed by atoms with Crippen LogP contribution in [0.25, 0.3) is 27.1 Å². The molecule has 0 unspecified atom stereocenters. The maximum atomic E-state index is 12.7. The fraction of sp³-hybridized carbons (Fsp3) is 0.468. The molecular weight excluding hydrogens is 790 g/mol. The Morgan fingerprint density at radius 3 is 1.59 bits per heavy atom. The number of hydrogen-bond acceptors (Lipinski definition) is 8. The van der Waals surface area contributed by atoms with E-state index >= 15 is 0 Å². The van der Waals surface area contributed by atoms with Gasteiger partial charge in [-0.15, -0.1) is 4.98 Å². The molecule has 322 valence electrons. The van der Waals surface area contributed by atoms with Gasteiger partial charge in [-0.1, -0.05) is 57.0 Å². The van der Waals surface area contributed by atoms with Gasteiger partial charge in [-0.3, -0.25) is 0 Å². The molecule has 4 aromatic rings. The largest absolute Gasteiger partial charge is 0.378 e. The fourth-order valence-corrected chi connectivity index (χ4v) is 8.59. The summed E-state index contributed by atoms with van der Waals surface area (Å²) in [6.07, 6.45) is 4.38. The van der Waals surface area contributed by atoms with Crippen molar-refractivity contribution in [2.45, 2.75) is 53.4 Å². The van der Waals surface area contributed by atoms with E-state index in [1.807, 2.05) is 71.3 Å². The molecule has 0 spiro atoms. The van der Waals surface area contributed by atoms with Gasteiger partial charge in [0.25, 0.3) is 5.82 Å². The van der Waals surface area contributed by atoms with E-state index in [1.54, 1.807) is 0 Å². The lowest BCUT2D eigenvalue weighted by atomic mass is 10.00. The summed E-state index contributed by atoms with van der Waals surface area (Å²) < 4.78 is 10.9. The lowest BCUT2D eigenvalue weighted by molar-refractivity contribution is 0.122. The average molecular weight is 848 g/mol. The Morgan fingerprint density at radius 2 is 1.15 bits per heavy atom. The zero-order valence-corrected chi connectivity index (χ0v) is 36.6. The molecule has 4 saturated heterocycles. The maximum absolute atomic E-state index is 12.7. The van der Waals surface area contributed by atoms with E-state index < -0.39 is 0 Å². The van der Waals surface area contributed by atoms with Crippen molar-refractivity contribution < 1.29 is 19.1 Å². The number of morpholine rings is 2. The number of aryl methyl sites for hydroxylation is 2. The van der Waals surface area contributed by atoms with Crippen LogP contribution in [0.4, 0.5) is 38.4 Å². The first-order valence-corrected chi connectivity index (χ1v) is 22.0. The minimum atomic E-state index is -0.0451. The van der Waals surface area contributed by atoms with E-state index in [4.69, 9.17) is 27.6 Å². The first-order chi connectivity index (χ1) is 29.6. The van der Waals surface area contributed by atoms with Crippen molar-refractivity contribution in [3.05, 3.63) is 88.4 Å². The van der Waals surface area contributed by atoms with Crippen LogP contribution in [0.1, 0.15) is 50.7 Å². The summed E-state index contributed by atoms with van der Waals surface area (Å²) in [7, 11) is 0. The predicted molar refractivity (Wildman–Crippen MR) is 244 cm³/mol. The van der Waals surface area contributed by atoms with E-state index in [1.165, 1.54) is 0 Å². The minimum absolute atomic E-state index is 0.0254. The van der Waals surface area contributed by atoms with Crippen LogP contribution in [-0.4, -0.2) is 111 Å². The Hall–Kier alpha value is -5.42. The average Bonchev–Trinajstić information content (AvgIpc) is 3.99. The number of aromatic nitrogens is 2. The minimum Gasteiger partial charge on any atom is -0.378 e. The van der Waals surface area contributed by atoms with E-state index in [0.29, 0.717) is 49.2 Å². The number of hydrogen-bond donors (Lipinski definition) is 2. The third-order valence-electron chi connectivity index (χ3n) is 12.3. The van der Waals surface area contributed by atoms with Crippen molar-refractivity contribution in [1.82, 2.24) is 19.8 Å². The highest BCUT2D eigenvalue weighted by atomic mass is 35.5. The molecule has 2 aromatic carbocycles. The van der Waals surface area contributed by atoms with Crippen molar-refractivity contribution in [3.63, 3.8) is 0 Å². The fourth-order valence-electron chi connectivity index (χ4n) is 8.39. The van der Waals surface area contributed by atoms with Crippen molar-refractivity contribution in [1.29, 1.82) is 0 Å². The Kier molecular flexibility index (Phi) is 14.6. The number of rotatable bonds is 8. The maximum Gasteiger partial charge on any atom is 0.321 e.